The lowest BCUT2D eigenvalue weighted by Gasteiger charge is -2.23. The molecule has 0 heterocycles. The summed E-state index contributed by atoms with van der Waals surface area (Å²) in [6.45, 7) is 0. The summed E-state index contributed by atoms with van der Waals surface area (Å²) < 4.78 is 35.2. The number of hydrogen-bond donors (Lipinski definition) is 1. The van der Waals surface area contributed by atoms with Crippen LogP contribution in [0.5, 0.6) is 0 Å². The molecule has 1 fully saturated rings. The third-order valence-electron chi connectivity index (χ3n) is 4.35. The van der Waals surface area contributed by atoms with Crippen molar-refractivity contribution in [2.24, 2.45) is 4.40 Å². The van der Waals surface area contributed by atoms with E-state index >= 15 is 0 Å². The largest absolute Gasteiger partial charge is 0.467 e. The first-order chi connectivity index (χ1) is 13.0. The summed E-state index contributed by atoms with van der Waals surface area (Å²) in [4.78, 5) is 0.124. The first-order valence-corrected chi connectivity index (χ1v) is 10.8. The van der Waals surface area contributed by atoms with Crippen LogP contribution in [0.4, 0.5) is 0 Å². The Morgan fingerprint density at radius 1 is 0.963 bits per heavy atom. The van der Waals surface area contributed by atoms with E-state index in [1.807, 2.05) is 18.2 Å². The van der Waals surface area contributed by atoms with Gasteiger partial charge in [-0.15, -0.1) is 4.40 Å². The molecular formula is C20H22N2O3S2. The Morgan fingerprint density at radius 2 is 1.56 bits per heavy atom. The SMILES string of the molecule is O=S(=O)(N=C(NC(=S)OC1CCCCC1)c1ccccc1)c1ccccc1. The maximum atomic E-state index is 12.7. The number of nitrogens with zero attached hydrogens (tertiary/aromatic N) is 1. The molecule has 2 aromatic carbocycles. The second kappa shape index (κ2) is 9.10. The second-order valence-corrected chi connectivity index (χ2v) is 8.36. The smallest absolute Gasteiger partial charge is 0.284 e. The maximum absolute atomic E-state index is 12.7. The van der Waals surface area contributed by atoms with Crippen LogP contribution in [-0.4, -0.2) is 25.5 Å². The average Bonchev–Trinajstić information content (AvgIpc) is 2.69. The number of amidine groups is 1. The molecular weight excluding hydrogens is 380 g/mol. The van der Waals surface area contributed by atoms with Gasteiger partial charge < -0.3 is 10.1 Å². The van der Waals surface area contributed by atoms with Crippen molar-refractivity contribution < 1.29 is 13.2 Å². The highest BCUT2D eigenvalue weighted by atomic mass is 32.2. The second-order valence-electron chi connectivity index (χ2n) is 6.38. The van der Waals surface area contributed by atoms with Crippen LogP contribution in [0.2, 0.25) is 0 Å². The van der Waals surface area contributed by atoms with Gasteiger partial charge in [-0.05, 0) is 50.0 Å². The molecule has 1 saturated carbocycles. The van der Waals surface area contributed by atoms with E-state index in [1.165, 1.54) is 18.6 Å². The van der Waals surface area contributed by atoms with Crippen LogP contribution in [0.25, 0.3) is 0 Å². The van der Waals surface area contributed by atoms with Crippen LogP contribution in [0.3, 0.4) is 0 Å². The highest BCUT2D eigenvalue weighted by molar-refractivity contribution is 7.90. The molecule has 27 heavy (non-hydrogen) atoms. The van der Waals surface area contributed by atoms with Gasteiger partial charge in [0.05, 0.1) is 4.90 Å². The monoisotopic (exact) mass is 402 g/mol. The molecule has 0 saturated heterocycles. The van der Waals surface area contributed by atoms with Gasteiger partial charge in [-0.1, -0.05) is 55.0 Å². The van der Waals surface area contributed by atoms with Gasteiger partial charge in [0, 0.05) is 5.56 Å². The third kappa shape index (κ3) is 5.61. The summed E-state index contributed by atoms with van der Waals surface area (Å²) >= 11 is 5.31. The predicted octanol–water partition coefficient (Wildman–Crippen LogP) is 4.05. The average molecular weight is 403 g/mol. The highest BCUT2D eigenvalue weighted by Crippen LogP contribution is 2.20. The molecule has 3 rings (SSSR count). The standard InChI is InChI=1S/C20H22N2O3S2/c23-27(24,18-14-8-3-9-15-18)22-19(16-10-4-1-5-11-16)21-20(26)25-17-12-6-2-7-13-17/h1,3-5,8-11,14-15,17H,2,6-7,12-13H2,(H,21,22,26). The molecule has 0 bridgehead atoms. The van der Waals surface area contributed by atoms with Gasteiger partial charge in [0.2, 0.25) is 0 Å². The lowest BCUT2D eigenvalue weighted by Crippen LogP contribution is -2.35. The molecule has 1 aliphatic carbocycles. The van der Waals surface area contributed by atoms with E-state index in [1.54, 1.807) is 30.3 Å². The van der Waals surface area contributed by atoms with E-state index in [4.69, 9.17) is 17.0 Å². The number of nitrogens with one attached hydrogen (secondary N) is 1. The Balaban J connectivity index is 1.84. The molecule has 5 nitrogen and oxygen atoms in total. The number of thiocarbonyl (C=S) groups is 1. The first kappa shape index (κ1) is 19.5. The number of rotatable bonds is 4. The number of sulfonamides is 1. The van der Waals surface area contributed by atoms with Crippen molar-refractivity contribution in [3.63, 3.8) is 0 Å². The summed E-state index contributed by atoms with van der Waals surface area (Å²) in [5.74, 6) is 0.153. The molecule has 2 aromatic rings. The van der Waals surface area contributed by atoms with Crippen LogP contribution < -0.4 is 5.32 Å². The maximum Gasteiger partial charge on any atom is 0.284 e. The van der Waals surface area contributed by atoms with Crippen LogP contribution in [0.15, 0.2) is 70.0 Å². The molecule has 1 aliphatic rings. The quantitative estimate of drug-likeness (QED) is 0.475. The Morgan fingerprint density at radius 3 is 2.19 bits per heavy atom. The molecule has 1 N–H and O–H groups in total. The lowest BCUT2D eigenvalue weighted by molar-refractivity contribution is 0.143. The Labute approximate surface area is 165 Å². The minimum Gasteiger partial charge on any atom is -0.467 e. The molecule has 0 atom stereocenters. The van der Waals surface area contributed by atoms with E-state index in [-0.39, 0.29) is 22.0 Å². The van der Waals surface area contributed by atoms with Crippen molar-refractivity contribution in [1.82, 2.24) is 5.32 Å². The van der Waals surface area contributed by atoms with Crippen molar-refractivity contribution >= 4 is 33.3 Å². The lowest BCUT2D eigenvalue weighted by atomic mass is 9.98. The van der Waals surface area contributed by atoms with Gasteiger partial charge in [0.1, 0.15) is 6.10 Å². The summed E-state index contributed by atoms with van der Waals surface area (Å²) in [6.07, 6.45) is 5.45. The van der Waals surface area contributed by atoms with Crippen molar-refractivity contribution in [2.45, 2.75) is 43.1 Å². The molecule has 0 spiro atoms. The Bertz CT molecular complexity index is 891. The number of benzene rings is 2. The van der Waals surface area contributed by atoms with E-state index in [2.05, 4.69) is 9.71 Å². The van der Waals surface area contributed by atoms with Gasteiger partial charge in [-0.2, -0.15) is 8.42 Å². The molecule has 7 heteroatoms. The minimum absolute atomic E-state index is 0.0708. The van der Waals surface area contributed by atoms with Crippen molar-refractivity contribution in [2.75, 3.05) is 0 Å². The van der Waals surface area contributed by atoms with Crippen molar-refractivity contribution in [3.8, 4) is 0 Å². The van der Waals surface area contributed by atoms with Crippen LogP contribution in [-0.2, 0) is 14.8 Å². The van der Waals surface area contributed by atoms with Gasteiger partial charge in [0.25, 0.3) is 15.2 Å². The van der Waals surface area contributed by atoms with Crippen molar-refractivity contribution in [1.29, 1.82) is 0 Å². The van der Waals surface area contributed by atoms with Crippen LogP contribution >= 0.6 is 12.2 Å². The van der Waals surface area contributed by atoms with Gasteiger partial charge in [0.15, 0.2) is 5.84 Å². The molecule has 0 amide bonds. The molecule has 142 valence electrons. The fourth-order valence-corrected chi connectivity index (χ4v) is 4.20. The Hall–Kier alpha value is -2.25. The molecule has 0 radical (unpaired) electrons. The summed E-state index contributed by atoms with van der Waals surface area (Å²) in [5.41, 5.74) is 0.617. The normalized spacial score (nSPS) is 15.9. The topological polar surface area (TPSA) is 67.8 Å². The van der Waals surface area contributed by atoms with Crippen LogP contribution in [0, 0.1) is 0 Å². The summed E-state index contributed by atoms with van der Waals surface area (Å²) in [6, 6.07) is 17.1. The zero-order valence-electron chi connectivity index (χ0n) is 14.9. The van der Waals surface area contributed by atoms with E-state index < -0.39 is 10.0 Å². The van der Waals surface area contributed by atoms with Gasteiger partial charge in [-0.3, -0.25) is 0 Å². The summed E-state index contributed by atoms with van der Waals surface area (Å²) in [5, 5.41) is 3.03. The Kier molecular flexibility index (Phi) is 6.58. The van der Waals surface area contributed by atoms with E-state index in [0.717, 1.165) is 25.7 Å². The zero-order chi connectivity index (χ0) is 19.1. The zero-order valence-corrected chi connectivity index (χ0v) is 16.5. The molecule has 0 aliphatic heterocycles. The minimum atomic E-state index is -3.88. The summed E-state index contributed by atoms with van der Waals surface area (Å²) in [7, 11) is -3.88. The molecule has 0 aromatic heterocycles. The van der Waals surface area contributed by atoms with E-state index in [9.17, 15) is 8.42 Å². The fourth-order valence-electron chi connectivity index (χ4n) is 2.97. The third-order valence-corrected chi connectivity index (χ3v) is 5.84. The number of hydrogen-bond acceptors (Lipinski definition) is 4. The van der Waals surface area contributed by atoms with E-state index in [0.29, 0.717) is 5.56 Å². The first-order valence-electron chi connectivity index (χ1n) is 8.98. The molecule has 0 unspecified atom stereocenters. The highest BCUT2D eigenvalue weighted by Gasteiger charge is 2.19. The van der Waals surface area contributed by atoms with Gasteiger partial charge >= 0.3 is 0 Å². The fraction of sp³-hybridized carbons (Fsp3) is 0.300. The predicted molar refractivity (Wildman–Crippen MR) is 110 cm³/mol. The van der Waals surface area contributed by atoms with Crippen molar-refractivity contribution in [3.05, 3.63) is 66.2 Å². The number of ether oxygens (including phenoxy) is 1. The van der Waals surface area contributed by atoms with Crippen LogP contribution in [0.1, 0.15) is 37.7 Å². The van der Waals surface area contributed by atoms with Gasteiger partial charge in [-0.25, -0.2) is 0 Å².